The number of hydroxylamine groups is 2. The minimum atomic E-state index is -3.86. The maximum absolute atomic E-state index is 10.4. The van der Waals surface area contributed by atoms with E-state index >= 15 is 0 Å². The normalized spacial score (nSPS) is 12.0. The molecule has 0 bridgehead atoms. The fourth-order valence-electron chi connectivity index (χ4n) is 0.939. The van der Waals surface area contributed by atoms with E-state index in [0.29, 0.717) is 26.1 Å². The Morgan fingerprint density at radius 1 is 1.53 bits per heavy atom. The number of rotatable bonds is 8. The molecule has 0 aliphatic rings. The quantitative estimate of drug-likeness (QED) is 0.389. The summed E-state index contributed by atoms with van der Waals surface area (Å²) in [5.74, 6) is -0.236. The summed E-state index contributed by atoms with van der Waals surface area (Å²) in [5, 5.41) is 1.65. The van der Waals surface area contributed by atoms with E-state index in [2.05, 4.69) is 6.58 Å². The molecule has 0 spiro atoms. The van der Waals surface area contributed by atoms with Gasteiger partial charge in [0.05, 0.1) is 12.4 Å². The zero-order valence-electron chi connectivity index (χ0n) is 9.27. The van der Waals surface area contributed by atoms with Crippen LogP contribution in [0.15, 0.2) is 12.2 Å². The molecule has 0 aromatic carbocycles. The molecule has 0 amide bonds. The van der Waals surface area contributed by atoms with Crippen LogP contribution in [0.25, 0.3) is 0 Å². The second kappa shape index (κ2) is 6.95. The zero-order valence-corrected chi connectivity index (χ0v) is 10.1. The van der Waals surface area contributed by atoms with Crippen molar-refractivity contribution in [2.75, 3.05) is 25.4 Å². The van der Waals surface area contributed by atoms with Crippen LogP contribution in [0.2, 0.25) is 0 Å². The van der Waals surface area contributed by atoms with Crippen LogP contribution in [-0.4, -0.2) is 43.5 Å². The molecule has 0 saturated heterocycles. The topological polar surface area (TPSA) is 66.8 Å². The average molecular weight is 237 g/mol. The van der Waals surface area contributed by atoms with Gasteiger partial charge in [-0.3, -0.25) is 9.39 Å². The van der Waals surface area contributed by atoms with E-state index in [1.165, 1.54) is 0 Å². The average Bonchev–Trinajstić information content (AvgIpc) is 2.08. The first kappa shape index (κ1) is 14.6. The number of nitrogens with zero attached hydrogens (tertiary/aromatic N) is 1. The first-order chi connectivity index (χ1) is 6.85. The minimum Gasteiger partial charge on any atom is -0.295 e. The summed E-state index contributed by atoms with van der Waals surface area (Å²) in [5.41, 5.74) is 0.906. The number of hydrogen-bond donors (Lipinski definition) is 1. The summed E-state index contributed by atoms with van der Waals surface area (Å²) in [6.45, 7) is 9.03. The van der Waals surface area contributed by atoms with Crippen LogP contribution in [-0.2, 0) is 15.0 Å². The molecule has 0 aliphatic carbocycles. The van der Waals surface area contributed by atoms with Crippen molar-refractivity contribution in [2.24, 2.45) is 0 Å². The highest BCUT2D eigenvalue weighted by Crippen LogP contribution is 1.98. The van der Waals surface area contributed by atoms with Crippen LogP contribution in [0.1, 0.15) is 20.3 Å². The molecule has 15 heavy (non-hydrogen) atoms. The van der Waals surface area contributed by atoms with Gasteiger partial charge in [0.2, 0.25) is 0 Å². The lowest BCUT2D eigenvalue weighted by Gasteiger charge is -2.19. The maximum atomic E-state index is 10.4. The number of hydrogen-bond acceptors (Lipinski definition) is 4. The van der Waals surface area contributed by atoms with Crippen LogP contribution in [0, 0.1) is 0 Å². The second-order valence-corrected chi connectivity index (χ2v) is 4.96. The standard InChI is InChI=1S/C9H19NO4S/c1-4-10(14-8-9(2)3)6-5-7-15(11,12)13/h2,4-8H2,1,3H3,(H,11,12,13). The predicted octanol–water partition coefficient (Wildman–Crippen LogP) is 1.09. The van der Waals surface area contributed by atoms with Gasteiger partial charge in [0, 0.05) is 13.1 Å². The summed E-state index contributed by atoms with van der Waals surface area (Å²) in [7, 11) is -3.86. The van der Waals surface area contributed by atoms with E-state index in [0.717, 1.165) is 5.57 Å². The van der Waals surface area contributed by atoms with Crippen molar-refractivity contribution in [1.82, 2.24) is 5.06 Å². The van der Waals surface area contributed by atoms with Gasteiger partial charge in [0.25, 0.3) is 10.1 Å². The van der Waals surface area contributed by atoms with E-state index < -0.39 is 10.1 Å². The lowest BCUT2D eigenvalue weighted by molar-refractivity contribution is -0.146. The summed E-state index contributed by atoms with van der Waals surface area (Å²) in [6.07, 6.45) is 0.350. The van der Waals surface area contributed by atoms with E-state index in [-0.39, 0.29) is 5.75 Å². The molecule has 0 radical (unpaired) electrons. The molecule has 0 aromatic heterocycles. The molecule has 0 aromatic rings. The Morgan fingerprint density at radius 2 is 2.13 bits per heavy atom. The van der Waals surface area contributed by atoms with Gasteiger partial charge < -0.3 is 0 Å². The van der Waals surface area contributed by atoms with Crippen molar-refractivity contribution in [3.63, 3.8) is 0 Å². The summed E-state index contributed by atoms with van der Waals surface area (Å²) < 4.78 is 29.4. The Kier molecular flexibility index (Phi) is 6.75. The highest BCUT2D eigenvalue weighted by Gasteiger charge is 2.07. The maximum Gasteiger partial charge on any atom is 0.264 e. The molecule has 0 atom stereocenters. The smallest absolute Gasteiger partial charge is 0.264 e. The Bertz CT molecular complexity index is 286. The van der Waals surface area contributed by atoms with Crippen LogP contribution < -0.4 is 0 Å². The van der Waals surface area contributed by atoms with Crippen molar-refractivity contribution in [1.29, 1.82) is 0 Å². The van der Waals surface area contributed by atoms with Gasteiger partial charge in [-0.2, -0.15) is 13.5 Å². The van der Waals surface area contributed by atoms with E-state index in [4.69, 9.17) is 9.39 Å². The van der Waals surface area contributed by atoms with Gasteiger partial charge in [0.1, 0.15) is 0 Å². The molecule has 0 saturated carbocycles. The molecule has 5 nitrogen and oxygen atoms in total. The summed E-state index contributed by atoms with van der Waals surface area (Å²) in [6, 6.07) is 0. The van der Waals surface area contributed by atoms with Crippen LogP contribution in [0.4, 0.5) is 0 Å². The third kappa shape index (κ3) is 9.86. The molecule has 0 fully saturated rings. The molecule has 6 heteroatoms. The zero-order chi connectivity index (χ0) is 11.9. The Balaban J connectivity index is 3.75. The third-order valence-corrected chi connectivity index (χ3v) is 2.46. The predicted molar refractivity (Wildman–Crippen MR) is 59.0 cm³/mol. The van der Waals surface area contributed by atoms with Crippen molar-refractivity contribution in [3.8, 4) is 0 Å². The molecular weight excluding hydrogens is 218 g/mol. The Hall–Kier alpha value is -0.430. The molecular formula is C9H19NO4S. The van der Waals surface area contributed by atoms with Gasteiger partial charge in [0.15, 0.2) is 0 Å². The Morgan fingerprint density at radius 3 is 2.53 bits per heavy atom. The van der Waals surface area contributed by atoms with E-state index in [1.807, 2.05) is 13.8 Å². The highest BCUT2D eigenvalue weighted by molar-refractivity contribution is 7.85. The minimum absolute atomic E-state index is 0.236. The highest BCUT2D eigenvalue weighted by atomic mass is 32.2. The first-order valence-electron chi connectivity index (χ1n) is 4.82. The molecule has 0 rings (SSSR count). The van der Waals surface area contributed by atoms with E-state index in [1.54, 1.807) is 5.06 Å². The van der Waals surface area contributed by atoms with Gasteiger partial charge in [-0.25, -0.2) is 0 Å². The molecule has 0 heterocycles. The van der Waals surface area contributed by atoms with Gasteiger partial charge >= 0.3 is 0 Å². The molecule has 1 N–H and O–H groups in total. The Labute approximate surface area is 91.4 Å². The van der Waals surface area contributed by atoms with Crippen molar-refractivity contribution in [3.05, 3.63) is 12.2 Å². The van der Waals surface area contributed by atoms with Crippen molar-refractivity contribution in [2.45, 2.75) is 20.3 Å². The van der Waals surface area contributed by atoms with E-state index in [9.17, 15) is 8.42 Å². The van der Waals surface area contributed by atoms with Crippen molar-refractivity contribution < 1.29 is 17.8 Å². The summed E-state index contributed by atoms with van der Waals surface area (Å²) in [4.78, 5) is 5.32. The summed E-state index contributed by atoms with van der Waals surface area (Å²) >= 11 is 0. The van der Waals surface area contributed by atoms with Gasteiger partial charge in [-0.05, 0) is 13.3 Å². The molecule has 90 valence electrons. The largest absolute Gasteiger partial charge is 0.295 e. The lowest BCUT2D eigenvalue weighted by atomic mass is 10.4. The van der Waals surface area contributed by atoms with Gasteiger partial charge in [-0.1, -0.05) is 19.1 Å². The monoisotopic (exact) mass is 237 g/mol. The fourth-order valence-corrected chi connectivity index (χ4v) is 1.43. The van der Waals surface area contributed by atoms with Crippen LogP contribution in [0.3, 0.4) is 0 Å². The van der Waals surface area contributed by atoms with Crippen LogP contribution >= 0.6 is 0 Å². The molecule has 0 aliphatic heterocycles. The molecule has 0 unspecified atom stereocenters. The first-order valence-corrected chi connectivity index (χ1v) is 6.43. The lowest BCUT2D eigenvalue weighted by Crippen LogP contribution is -2.27. The second-order valence-electron chi connectivity index (χ2n) is 3.39. The van der Waals surface area contributed by atoms with Crippen LogP contribution in [0.5, 0.6) is 0 Å². The SMILES string of the molecule is C=C(C)CON(CC)CCCS(=O)(=O)O. The fraction of sp³-hybridized carbons (Fsp3) is 0.778. The van der Waals surface area contributed by atoms with Crippen molar-refractivity contribution >= 4 is 10.1 Å². The van der Waals surface area contributed by atoms with Gasteiger partial charge in [-0.15, -0.1) is 0 Å². The third-order valence-electron chi connectivity index (χ3n) is 1.66.